The van der Waals surface area contributed by atoms with Crippen LogP contribution in [0.2, 0.25) is 0 Å². The standard InChI is InChI=1S/C17H21ClN4O2/c1-3-21(4-2)17(24)14-12-19-22(13-8-6-5-7-9-13)16(14)20-15(23)10-11-18/h5-9,12H,3-4,10-11H2,1-2H3,(H,20,23). The number of halogens is 1. The van der Waals surface area contributed by atoms with E-state index in [2.05, 4.69) is 10.4 Å². The molecule has 0 bridgehead atoms. The van der Waals surface area contributed by atoms with Crippen LogP contribution in [0.1, 0.15) is 30.6 Å². The molecule has 1 aromatic carbocycles. The number of benzene rings is 1. The van der Waals surface area contributed by atoms with Crippen molar-refractivity contribution in [3.05, 3.63) is 42.1 Å². The van der Waals surface area contributed by atoms with Gasteiger partial charge in [0.25, 0.3) is 5.91 Å². The third kappa shape index (κ3) is 3.94. The number of anilines is 1. The largest absolute Gasteiger partial charge is 0.339 e. The van der Waals surface area contributed by atoms with Crippen molar-refractivity contribution in [2.75, 3.05) is 24.3 Å². The predicted octanol–water partition coefficient (Wildman–Crippen LogP) is 2.92. The zero-order valence-electron chi connectivity index (χ0n) is 13.8. The summed E-state index contributed by atoms with van der Waals surface area (Å²) >= 11 is 5.63. The number of carbonyl (C=O) groups excluding carboxylic acids is 2. The van der Waals surface area contributed by atoms with Crippen LogP contribution in [0.4, 0.5) is 5.82 Å². The van der Waals surface area contributed by atoms with Gasteiger partial charge in [-0.1, -0.05) is 18.2 Å². The summed E-state index contributed by atoms with van der Waals surface area (Å²) in [5.41, 5.74) is 1.13. The van der Waals surface area contributed by atoms with Crippen molar-refractivity contribution < 1.29 is 9.59 Å². The first-order valence-electron chi connectivity index (χ1n) is 7.90. The first kappa shape index (κ1) is 18.0. The highest BCUT2D eigenvalue weighted by Gasteiger charge is 2.23. The molecular formula is C17H21ClN4O2. The van der Waals surface area contributed by atoms with E-state index in [0.717, 1.165) is 5.69 Å². The molecule has 7 heteroatoms. The molecule has 128 valence electrons. The number of alkyl halides is 1. The third-order valence-corrected chi connectivity index (χ3v) is 3.82. The molecule has 0 aliphatic rings. The molecule has 6 nitrogen and oxygen atoms in total. The lowest BCUT2D eigenvalue weighted by Gasteiger charge is -2.19. The quantitative estimate of drug-likeness (QED) is 0.782. The fraction of sp³-hybridized carbons (Fsp3) is 0.353. The highest BCUT2D eigenvalue weighted by Crippen LogP contribution is 2.22. The minimum Gasteiger partial charge on any atom is -0.339 e. The zero-order valence-corrected chi connectivity index (χ0v) is 14.6. The Kier molecular flexibility index (Phi) is 6.37. The summed E-state index contributed by atoms with van der Waals surface area (Å²) in [4.78, 5) is 26.4. The topological polar surface area (TPSA) is 67.2 Å². The molecule has 1 heterocycles. The second kappa shape index (κ2) is 8.49. The van der Waals surface area contributed by atoms with Crippen LogP contribution in [0.3, 0.4) is 0 Å². The Morgan fingerprint density at radius 2 is 1.88 bits per heavy atom. The molecule has 1 N–H and O–H groups in total. The highest BCUT2D eigenvalue weighted by molar-refractivity contribution is 6.19. The van der Waals surface area contributed by atoms with Gasteiger partial charge < -0.3 is 10.2 Å². The zero-order chi connectivity index (χ0) is 17.5. The SMILES string of the molecule is CCN(CC)C(=O)c1cnn(-c2ccccc2)c1NC(=O)CCCl. The molecule has 24 heavy (non-hydrogen) atoms. The van der Waals surface area contributed by atoms with Gasteiger partial charge in [-0.2, -0.15) is 5.10 Å². The van der Waals surface area contributed by atoms with E-state index >= 15 is 0 Å². The number of nitrogens with zero attached hydrogens (tertiary/aromatic N) is 3. The number of rotatable bonds is 7. The van der Waals surface area contributed by atoms with Crippen molar-refractivity contribution in [3.63, 3.8) is 0 Å². The first-order valence-corrected chi connectivity index (χ1v) is 8.44. The van der Waals surface area contributed by atoms with Crippen LogP contribution in [0.5, 0.6) is 0 Å². The number of para-hydroxylation sites is 1. The Morgan fingerprint density at radius 3 is 2.46 bits per heavy atom. The Hall–Kier alpha value is -2.34. The van der Waals surface area contributed by atoms with Gasteiger partial charge >= 0.3 is 0 Å². The first-order chi connectivity index (χ1) is 11.6. The van der Waals surface area contributed by atoms with E-state index in [1.807, 2.05) is 44.2 Å². The number of nitrogens with one attached hydrogen (secondary N) is 1. The maximum absolute atomic E-state index is 12.7. The molecule has 0 radical (unpaired) electrons. The van der Waals surface area contributed by atoms with Crippen LogP contribution in [0.25, 0.3) is 5.69 Å². The average molecular weight is 349 g/mol. The van der Waals surface area contributed by atoms with Gasteiger partial charge in [0.2, 0.25) is 5.91 Å². The van der Waals surface area contributed by atoms with E-state index in [1.165, 1.54) is 6.20 Å². The highest BCUT2D eigenvalue weighted by atomic mass is 35.5. The number of amides is 2. The molecule has 1 aromatic heterocycles. The molecule has 0 spiro atoms. The second-order valence-corrected chi connectivity index (χ2v) is 5.50. The van der Waals surface area contributed by atoms with Gasteiger partial charge in [0, 0.05) is 25.4 Å². The normalized spacial score (nSPS) is 10.5. The Bertz CT molecular complexity index is 696. The van der Waals surface area contributed by atoms with E-state index in [0.29, 0.717) is 24.5 Å². The van der Waals surface area contributed by atoms with Crippen molar-refractivity contribution in [3.8, 4) is 5.69 Å². The smallest absolute Gasteiger partial charge is 0.259 e. The van der Waals surface area contributed by atoms with Crippen LogP contribution in [-0.2, 0) is 4.79 Å². The number of aromatic nitrogens is 2. The Labute approximate surface area is 146 Å². The maximum atomic E-state index is 12.7. The number of carbonyl (C=O) groups is 2. The summed E-state index contributed by atoms with van der Waals surface area (Å²) in [5, 5.41) is 7.07. The minimum atomic E-state index is -0.253. The van der Waals surface area contributed by atoms with Crippen molar-refractivity contribution in [1.29, 1.82) is 0 Å². The van der Waals surface area contributed by atoms with Gasteiger partial charge in [0.1, 0.15) is 11.4 Å². The second-order valence-electron chi connectivity index (χ2n) is 5.12. The minimum absolute atomic E-state index is 0.164. The average Bonchev–Trinajstić information content (AvgIpc) is 3.00. The lowest BCUT2D eigenvalue weighted by molar-refractivity contribution is -0.115. The molecule has 0 saturated heterocycles. The van der Waals surface area contributed by atoms with E-state index < -0.39 is 0 Å². The fourth-order valence-corrected chi connectivity index (χ4v) is 2.52. The Morgan fingerprint density at radius 1 is 1.21 bits per heavy atom. The molecule has 0 fully saturated rings. The number of hydrogen-bond acceptors (Lipinski definition) is 3. The van der Waals surface area contributed by atoms with Gasteiger partial charge in [0.05, 0.1) is 11.9 Å². The Balaban J connectivity index is 2.46. The van der Waals surface area contributed by atoms with Crippen LogP contribution >= 0.6 is 11.6 Å². The molecule has 0 saturated carbocycles. The monoisotopic (exact) mass is 348 g/mol. The summed E-state index contributed by atoms with van der Waals surface area (Å²) < 4.78 is 1.56. The summed E-state index contributed by atoms with van der Waals surface area (Å²) in [5.74, 6) is 0.165. The summed E-state index contributed by atoms with van der Waals surface area (Å²) in [6.07, 6.45) is 1.66. The molecular weight excluding hydrogens is 328 g/mol. The van der Waals surface area contributed by atoms with Crippen LogP contribution in [0.15, 0.2) is 36.5 Å². The van der Waals surface area contributed by atoms with E-state index in [4.69, 9.17) is 11.6 Å². The lowest BCUT2D eigenvalue weighted by Crippen LogP contribution is -2.31. The molecule has 2 amide bonds. The van der Waals surface area contributed by atoms with Gasteiger partial charge in [-0.15, -0.1) is 11.6 Å². The molecule has 0 atom stereocenters. The molecule has 0 unspecified atom stereocenters. The van der Waals surface area contributed by atoms with Gasteiger partial charge in [-0.3, -0.25) is 9.59 Å². The lowest BCUT2D eigenvalue weighted by atomic mass is 10.2. The molecule has 2 rings (SSSR count). The predicted molar refractivity (Wildman–Crippen MR) is 94.8 cm³/mol. The van der Waals surface area contributed by atoms with Crippen molar-refractivity contribution in [1.82, 2.24) is 14.7 Å². The van der Waals surface area contributed by atoms with Crippen LogP contribution in [0, 0.1) is 0 Å². The van der Waals surface area contributed by atoms with Crippen molar-refractivity contribution in [2.24, 2.45) is 0 Å². The molecule has 2 aromatic rings. The van der Waals surface area contributed by atoms with Crippen molar-refractivity contribution in [2.45, 2.75) is 20.3 Å². The third-order valence-electron chi connectivity index (χ3n) is 3.63. The van der Waals surface area contributed by atoms with Gasteiger partial charge in [-0.25, -0.2) is 4.68 Å². The van der Waals surface area contributed by atoms with Gasteiger partial charge in [-0.05, 0) is 26.0 Å². The summed E-state index contributed by atoms with van der Waals surface area (Å²) in [7, 11) is 0. The van der Waals surface area contributed by atoms with E-state index in [1.54, 1.807) is 9.58 Å². The van der Waals surface area contributed by atoms with Crippen LogP contribution in [-0.4, -0.2) is 45.5 Å². The fourth-order valence-electron chi connectivity index (χ4n) is 2.35. The van der Waals surface area contributed by atoms with Crippen molar-refractivity contribution >= 4 is 29.2 Å². The number of hydrogen-bond donors (Lipinski definition) is 1. The van der Waals surface area contributed by atoms with Gasteiger partial charge in [0.15, 0.2) is 0 Å². The van der Waals surface area contributed by atoms with E-state index in [-0.39, 0.29) is 24.1 Å². The maximum Gasteiger partial charge on any atom is 0.259 e. The van der Waals surface area contributed by atoms with Crippen LogP contribution < -0.4 is 5.32 Å². The van der Waals surface area contributed by atoms with E-state index in [9.17, 15) is 9.59 Å². The molecule has 0 aliphatic carbocycles. The summed E-state index contributed by atoms with van der Waals surface area (Å²) in [6, 6.07) is 9.34. The molecule has 0 aliphatic heterocycles. The summed E-state index contributed by atoms with van der Waals surface area (Å²) in [6.45, 7) is 4.99.